The molecule has 0 fully saturated rings. The topological polar surface area (TPSA) is 176 Å². The lowest BCUT2D eigenvalue weighted by molar-refractivity contribution is -0.147. The van der Waals surface area contributed by atoms with Gasteiger partial charge in [-0.25, -0.2) is 28.8 Å². The minimum Gasteiger partial charge on any atom is -0.425 e. The Morgan fingerprint density at radius 1 is 0.500 bits per heavy atom. The molecular weight excluding hydrogens is 728 g/mol. The third kappa shape index (κ3) is 11.1. The Kier molecular flexibility index (Phi) is 13.3. The Bertz CT molecular complexity index is 2060. The third-order valence-corrected chi connectivity index (χ3v) is 7.78. The van der Waals surface area contributed by atoms with Gasteiger partial charge in [0, 0.05) is 30.2 Å². The van der Waals surface area contributed by atoms with Crippen LogP contribution in [0.15, 0.2) is 122 Å². The van der Waals surface area contributed by atoms with Crippen LogP contribution in [0, 0.1) is 0 Å². The number of esters is 4. The second-order valence-corrected chi connectivity index (χ2v) is 11.4. The summed E-state index contributed by atoms with van der Waals surface area (Å²) in [5.41, 5.74) is 5.04. The van der Waals surface area contributed by atoms with Crippen molar-refractivity contribution in [3.8, 4) is 34.1 Å². The first-order valence-electron chi connectivity index (χ1n) is 16.6. The van der Waals surface area contributed by atoms with Gasteiger partial charge < -0.3 is 37.9 Å². The molecule has 0 bridgehead atoms. The van der Waals surface area contributed by atoms with Crippen LogP contribution in [0.5, 0.6) is 23.0 Å². The first kappa shape index (κ1) is 39.5. The largest absolute Gasteiger partial charge is 0.516 e. The van der Waals surface area contributed by atoms with Crippen LogP contribution in [-0.2, 0) is 38.1 Å². The van der Waals surface area contributed by atoms with Crippen LogP contribution in [0.4, 0.5) is 9.59 Å². The lowest BCUT2D eigenvalue weighted by Crippen LogP contribution is -2.14. The van der Waals surface area contributed by atoms with E-state index in [4.69, 9.17) is 18.9 Å². The summed E-state index contributed by atoms with van der Waals surface area (Å²) in [5.74, 6) is -1.77. The van der Waals surface area contributed by atoms with Crippen LogP contribution >= 0.6 is 0 Å². The van der Waals surface area contributed by atoms with E-state index in [2.05, 4.69) is 32.1 Å². The van der Waals surface area contributed by atoms with E-state index in [9.17, 15) is 28.8 Å². The summed E-state index contributed by atoms with van der Waals surface area (Å²) < 4.78 is 39.4. The summed E-state index contributed by atoms with van der Waals surface area (Å²) in [6.07, 6.45) is 5.30. The molecule has 4 aromatic carbocycles. The third-order valence-electron chi connectivity index (χ3n) is 7.78. The van der Waals surface area contributed by atoms with Crippen molar-refractivity contribution < 1.29 is 66.7 Å². The number of carbonyl (C=O) groups is 6. The Morgan fingerprint density at radius 2 is 0.875 bits per heavy atom. The second-order valence-electron chi connectivity index (χ2n) is 11.4. The molecule has 0 atom stereocenters. The predicted molar refractivity (Wildman–Crippen MR) is 198 cm³/mol. The second kappa shape index (κ2) is 18.8. The van der Waals surface area contributed by atoms with E-state index < -0.39 is 49.8 Å². The lowest BCUT2D eigenvalue weighted by atomic mass is 9.99. The maximum Gasteiger partial charge on any atom is 0.516 e. The zero-order valence-electron chi connectivity index (χ0n) is 29.7. The fourth-order valence-electron chi connectivity index (χ4n) is 5.15. The van der Waals surface area contributed by atoms with Gasteiger partial charge >= 0.3 is 36.2 Å². The van der Waals surface area contributed by atoms with Gasteiger partial charge in [0.25, 0.3) is 0 Å². The van der Waals surface area contributed by atoms with Gasteiger partial charge in [0.15, 0.2) is 0 Å². The Morgan fingerprint density at radius 3 is 1.25 bits per heavy atom. The summed E-state index contributed by atoms with van der Waals surface area (Å²) >= 11 is 0. The van der Waals surface area contributed by atoms with Crippen LogP contribution in [0.1, 0.15) is 35.1 Å². The number of rotatable bonds is 14. The fourth-order valence-corrected chi connectivity index (χ4v) is 5.15. The minimum absolute atomic E-state index is 0.0938. The summed E-state index contributed by atoms with van der Waals surface area (Å²) in [5, 5.41) is 0. The first-order chi connectivity index (χ1) is 27.0. The molecule has 0 heterocycles. The molecule has 0 radical (unpaired) electrons. The van der Waals surface area contributed by atoms with Gasteiger partial charge in [-0.15, -0.1) is 0 Å². The zero-order valence-corrected chi connectivity index (χ0v) is 29.7. The molecule has 0 unspecified atom stereocenters. The molecule has 0 spiro atoms. The average Bonchev–Trinajstić information content (AvgIpc) is 3.46. The number of carbonyl (C=O) groups excluding carboxylic acids is 6. The van der Waals surface area contributed by atoms with E-state index in [-0.39, 0.29) is 17.4 Å². The zero-order chi connectivity index (χ0) is 40.0. The number of hydrogen-bond acceptors (Lipinski definition) is 14. The Balaban J connectivity index is 1.10. The van der Waals surface area contributed by atoms with Crippen molar-refractivity contribution in [3.63, 3.8) is 0 Å². The van der Waals surface area contributed by atoms with Crippen molar-refractivity contribution in [2.75, 3.05) is 13.6 Å². The SMILES string of the molecule is C=CC(=O)OCOC(=O)Oc1ccc(/C=C/C(=O)Oc2ccc3c(c2)C(C)c2cc(OC(=O)/C=C/c4ccc(OC(=O)OCOC(=O)C=C)cc4)ccc2-3)cc1. The Hall–Kier alpha value is -7.74. The maximum absolute atomic E-state index is 12.6. The van der Waals surface area contributed by atoms with Crippen molar-refractivity contribution in [1.29, 1.82) is 0 Å². The van der Waals surface area contributed by atoms with Gasteiger partial charge in [0.2, 0.25) is 13.6 Å². The van der Waals surface area contributed by atoms with Crippen molar-refractivity contribution in [1.82, 2.24) is 0 Å². The fraction of sp³-hybridized carbons (Fsp3) is 0.0952. The number of fused-ring (bicyclic) bond motifs is 3. The minimum atomic E-state index is -1.07. The van der Waals surface area contributed by atoms with Crippen molar-refractivity contribution in [2.24, 2.45) is 0 Å². The van der Waals surface area contributed by atoms with Gasteiger partial charge in [-0.2, -0.15) is 0 Å². The summed E-state index contributed by atoms with van der Waals surface area (Å²) in [6, 6.07) is 23.1. The molecule has 0 amide bonds. The lowest BCUT2D eigenvalue weighted by Gasteiger charge is -2.09. The van der Waals surface area contributed by atoms with Crippen LogP contribution in [0.3, 0.4) is 0 Å². The van der Waals surface area contributed by atoms with Gasteiger partial charge in [0.05, 0.1) is 0 Å². The maximum atomic E-state index is 12.6. The molecule has 0 N–H and O–H groups in total. The highest BCUT2D eigenvalue weighted by atomic mass is 16.8. The molecular formula is C42H32O14. The van der Waals surface area contributed by atoms with E-state index in [1.54, 1.807) is 48.5 Å². The Labute approximate surface area is 319 Å². The summed E-state index contributed by atoms with van der Waals surface area (Å²) in [4.78, 5) is 70.7. The molecule has 14 heteroatoms. The van der Waals surface area contributed by atoms with Crippen molar-refractivity contribution in [2.45, 2.75) is 12.8 Å². The van der Waals surface area contributed by atoms with Gasteiger partial charge in [0.1, 0.15) is 23.0 Å². The van der Waals surface area contributed by atoms with Gasteiger partial charge in [-0.05, 0) is 94.1 Å². The molecule has 4 aromatic rings. The first-order valence-corrected chi connectivity index (χ1v) is 16.6. The summed E-state index contributed by atoms with van der Waals surface area (Å²) in [7, 11) is 0. The molecule has 14 nitrogen and oxygen atoms in total. The number of ether oxygens (including phenoxy) is 8. The molecule has 1 aliphatic rings. The number of hydrogen-bond donors (Lipinski definition) is 0. The molecule has 284 valence electrons. The molecule has 0 aliphatic heterocycles. The predicted octanol–water partition coefficient (Wildman–Crippen LogP) is 7.46. The highest BCUT2D eigenvalue weighted by molar-refractivity contribution is 5.90. The van der Waals surface area contributed by atoms with Crippen LogP contribution in [0.2, 0.25) is 0 Å². The van der Waals surface area contributed by atoms with Crippen molar-refractivity contribution >= 4 is 48.3 Å². The van der Waals surface area contributed by atoms with Crippen LogP contribution < -0.4 is 18.9 Å². The smallest absolute Gasteiger partial charge is 0.425 e. The van der Waals surface area contributed by atoms with Crippen LogP contribution in [0.25, 0.3) is 23.3 Å². The normalized spacial score (nSPS) is 11.4. The highest BCUT2D eigenvalue weighted by Gasteiger charge is 2.27. The highest BCUT2D eigenvalue weighted by Crippen LogP contribution is 2.47. The standard InChI is InChI=1S/C42H32O14/c1-4-37(43)49-24-51-41(47)55-29-12-6-27(7-13-29)10-20-39(45)53-31-16-18-33-34-19-17-32(23-36(34)26(3)35(33)22-31)54-40(46)21-11-28-8-14-30(15-9-28)56-42(48)52-25-50-38(44)5-2/h4-23,26H,1-2,24-25H2,3H3/b20-10+,21-11+. The molecule has 1 aliphatic carbocycles. The average molecular weight is 761 g/mol. The number of benzene rings is 4. The van der Waals surface area contributed by atoms with Crippen LogP contribution in [-0.4, -0.2) is 49.8 Å². The molecule has 0 saturated carbocycles. The van der Waals surface area contributed by atoms with E-state index >= 15 is 0 Å². The van der Waals surface area contributed by atoms with E-state index in [1.165, 1.54) is 48.6 Å². The van der Waals surface area contributed by atoms with E-state index in [0.29, 0.717) is 22.6 Å². The quantitative estimate of drug-likeness (QED) is 0.0407. The van der Waals surface area contributed by atoms with Gasteiger partial charge in [-0.3, -0.25) is 0 Å². The monoisotopic (exact) mass is 760 g/mol. The molecule has 0 aromatic heterocycles. The molecule has 0 saturated heterocycles. The summed E-state index contributed by atoms with van der Waals surface area (Å²) in [6.45, 7) is 7.20. The van der Waals surface area contributed by atoms with Crippen molar-refractivity contribution in [3.05, 3.63) is 145 Å². The molecule has 56 heavy (non-hydrogen) atoms. The molecule has 5 rings (SSSR count). The van der Waals surface area contributed by atoms with E-state index in [1.807, 2.05) is 19.1 Å². The van der Waals surface area contributed by atoms with E-state index in [0.717, 1.165) is 34.4 Å². The van der Waals surface area contributed by atoms with Gasteiger partial charge in [-0.1, -0.05) is 56.5 Å².